The maximum Gasteiger partial charge on any atom is 0.202 e. The number of carbonyl (C=O) groups is 1. The molecule has 16 heavy (non-hydrogen) atoms. The third-order valence-corrected chi connectivity index (χ3v) is 2.48. The van der Waals surface area contributed by atoms with Crippen LogP contribution in [0.15, 0.2) is 0 Å². The van der Waals surface area contributed by atoms with Gasteiger partial charge in [0.05, 0.1) is 13.2 Å². The van der Waals surface area contributed by atoms with E-state index in [9.17, 15) is 4.79 Å². The average Bonchev–Trinajstić information content (AvgIpc) is 2.25. The molecule has 3 nitrogen and oxygen atoms in total. The first-order chi connectivity index (χ1) is 7.68. The summed E-state index contributed by atoms with van der Waals surface area (Å²) in [5.74, 6) is 5.90. The van der Waals surface area contributed by atoms with Gasteiger partial charge in [0, 0.05) is 13.3 Å². The molecule has 0 amide bonds. The van der Waals surface area contributed by atoms with Crippen molar-refractivity contribution in [2.75, 3.05) is 13.2 Å². The summed E-state index contributed by atoms with van der Waals surface area (Å²) in [5.41, 5.74) is 0. The van der Waals surface area contributed by atoms with Gasteiger partial charge in [0.1, 0.15) is 0 Å². The lowest BCUT2D eigenvalue weighted by molar-refractivity contribution is -0.173. The van der Waals surface area contributed by atoms with Gasteiger partial charge in [0.15, 0.2) is 6.29 Å². The van der Waals surface area contributed by atoms with E-state index in [2.05, 4.69) is 18.8 Å². The quantitative estimate of drug-likeness (QED) is 0.417. The average molecular weight is 224 g/mol. The second-order valence-electron chi connectivity index (χ2n) is 4.28. The highest BCUT2D eigenvalue weighted by atomic mass is 16.7. The lowest BCUT2D eigenvalue weighted by Crippen LogP contribution is -2.27. The van der Waals surface area contributed by atoms with Crippen molar-refractivity contribution in [3.05, 3.63) is 0 Å². The summed E-state index contributed by atoms with van der Waals surface area (Å²) in [5, 5.41) is 0. The minimum Gasteiger partial charge on any atom is -0.353 e. The first-order valence-corrected chi connectivity index (χ1v) is 5.91. The van der Waals surface area contributed by atoms with Crippen molar-refractivity contribution in [1.29, 1.82) is 0 Å². The Hall–Kier alpha value is -0.850. The summed E-state index contributed by atoms with van der Waals surface area (Å²) in [6, 6.07) is 0. The molecular weight excluding hydrogens is 204 g/mol. The Morgan fingerprint density at radius 2 is 2.31 bits per heavy atom. The van der Waals surface area contributed by atoms with Gasteiger partial charge in [-0.3, -0.25) is 4.79 Å². The molecule has 0 bridgehead atoms. The first-order valence-electron chi connectivity index (χ1n) is 5.91. The highest BCUT2D eigenvalue weighted by Gasteiger charge is 2.18. The van der Waals surface area contributed by atoms with Crippen molar-refractivity contribution in [2.45, 2.75) is 45.8 Å². The van der Waals surface area contributed by atoms with E-state index in [4.69, 9.17) is 9.47 Å². The predicted molar refractivity (Wildman–Crippen MR) is 61.8 cm³/mol. The van der Waals surface area contributed by atoms with E-state index >= 15 is 0 Å². The Bertz CT molecular complexity index is 267. The Morgan fingerprint density at radius 1 is 1.50 bits per heavy atom. The number of ether oxygens (including phenoxy) is 2. The first kappa shape index (κ1) is 13.2. The summed E-state index contributed by atoms with van der Waals surface area (Å²) in [6.45, 7) is 5.12. The maximum atomic E-state index is 10.5. The standard InChI is InChI=1S/C13H20O3/c1-11-7-8-13(16-10-11)15-9-5-3-4-6-12(2)14/h11,13H,3,5,7-10H2,1-2H3/t11-,13-/m0/s1. The van der Waals surface area contributed by atoms with E-state index < -0.39 is 0 Å². The largest absolute Gasteiger partial charge is 0.353 e. The summed E-state index contributed by atoms with van der Waals surface area (Å²) in [4.78, 5) is 10.5. The molecule has 1 rings (SSSR count). The van der Waals surface area contributed by atoms with Crippen LogP contribution in [0.2, 0.25) is 0 Å². The number of rotatable bonds is 4. The Kier molecular flexibility index (Phi) is 6.14. The van der Waals surface area contributed by atoms with E-state index in [0.29, 0.717) is 18.9 Å². The monoisotopic (exact) mass is 224 g/mol. The van der Waals surface area contributed by atoms with Gasteiger partial charge in [-0.2, -0.15) is 0 Å². The van der Waals surface area contributed by atoms with Crippen LogP contribution in [0.4, 0.5) is 0 Å². The van der Waals surface area contributed by atoms with Gasteiger partial charge in [0.2, 0.25) is 5.78 Å². The van der Waals surface area contributed by atoms with E-state index in [0.717, 1.165) is 19.4 Å². The molecule has 3 heteroatoms. The Balaban J connectivity index is 2.00. The minimum atomic E-state index is -0.0782. The van der Waals surface area contributed by atoms with Crippen molar-refractivity contribution in [3.8, 4) is 11.8 Å². The molecule has 1 fully saturated rings. The molecule has 1 aliphatic rings. The van der Waals surface area contributed by atoms with E-state index in [1.807, 2.05) is 0 Å². The molecule has 0 aromatic rings. The van der Waals surface area contributed by atoms with Gasteiger partial charge in [-0.15, -0.1) is 0 Å². The van der Waals surface area contributed by atoms with Gasteiger partial charge in [-0.05, 0) is 31.1 Å². The number of Topliss-reactive ketones (excluding diaryl/α,β-unsaturated/α-hetero) is 1. The molecule has 90 valence electrons. The molecule has 0 N–H and O–H groups in total. The molecule has 1 heterocycles. The van der Waals surface area contributed by atoms with E-state index in [-0.39, 0.29) is 12.1 Å². The Morgan fingerprint density at radius 3 is 2.94 bits per heavy atom. The predicted octanol–water partition coefficient (Wildman–Crippen LogP) is 2.15. The van der Waals surface area contributed by atoms with Crippen LogP contribution in [0.1, 0.15) is 39.5 Å². The topological polar surface area (TPSA) is 35.5 Å². The molecule has 0 radical (unpaired) electrons. The van der Waals surface area contributed by atoms with Crippen LogP contribution in [0.3, 0.4) is 0 Å². The maximum absolute atomic E-state index is 10.5. The lowest BCUT2D eigenvalue weighted by atomic mass is 10.0. The number of hydrogen-bond acceptors (Lipinski definition) is 3. The molecular formula is C13H20O3. The van der Waals surface area contributed by atoms with Crippen molar-refractivity contribution in [2.24, 2.45) is 5.92 Å². The molecule has 0 aromatic carbocycles. The van der Waals surface area contributed by atoms with Crippen molar-refractivity contribution in [3.63, 3.8) is 0 Å². The molecule has 1 saturated heterocycles. The number of hydrogen-bond donors (Lipinski definition) is 0. The van der Waals surface area contributed by atoms with Crippen LogP contribution in [0.5, 0.6) is 0 Å². The second kappa shape index (κ2) is 7.43. The highest BCUT2D eigenvalue weighted by Crippen LogP contribution is 2.18. The van der Waals surface area contributed by atoms with Gasteiger partial charge in [0.25, 0.3) is 0 Å². The van der Waals surface area contributed by atoms with Crippen LogP contribution in [0, 0.1) is 17.8 Å². The molecule has 2 atom stereocenters. The number of ketones is 1. The highest BCUT2D eigenvalue weighted by molar-refractivity contribution is 5.93. The molecule has 0 aliphatic carbocycles. The fourth-order valence-electron chi connectivity index (χ4n) is 1.55. The van der Waals surface area contributed by atoms with Crippen molar-refractivity contribution < 1.29 is 14.3 Å². The molecule has 0 unspecified atom stereocenters. The van der Waals surface area contributed by atoms with Crippen molar-refractivity contribution in [1.82, 2.24) is 0 Å². The van der Waals surface area contributed by atoms with Gasteiger partial charge in [-0.25, -0.2) is 0 Å². The smallest absolute Gasteiger partial charge is 0.202 e. The third kappa shape index (κ3) is 5.89. The number of carbonyl (C=O) groups excluding carboxylic acids is 1. The van der Waals surface area contributed by atoms with Crippen LogP contribution >= 0.6 is 0 Å². The van der Waals surface area contributed by atoms with Crippen LogP contribution < -0.4 is 0 Å². The summed E-state index contributed by atoms with van der Waals surface area (Å²) in [6.07, 6.45) is 3.70. The summed E-state index contributed by atoms with van der Waals surface area (Å²) >= 11 is 0. The van der Waals surface area contributed by atoms with Crippen LogP contribution in [0.25, 0.3) is 0 Å². The zero-order valence-electron chi connectivity index (χ0n) is 10.1. The molecule has 1 aliphatic heterocycles. The fraction of sp³-hybridized carbons (Fsp3) is 0.769. The summed E-state index contributed by atoms with van der Waals surface area (Å²) < 4.78 is 11.1. The molecule has 0 spiro atoms. The van der Waals surface area contributed by atoms with Gasteiger partial charge in [-0.1, -0.05) is 12.8 Å². The summed E-state index contributed by atoms with van der Waals surface area (Å²) in [7, 11) is 0. The normalized spacial score (nSPS) is 24.6. The lowest BCUT2D eigenvalue weighted by Gasteiger charge is -2.26. The zero-order chi connectivity index (χ0) is 11.8. The van der Waals surface area contributed by atoms with Crippen LogP contribution in [-0.4, -0.2) is 25.3 Å². The molecule has 0 aromatic heterocycles. The van der Waals surface area contributed by atoms with E-state index in [1.54, 1.807) is 0 Å². The van der Waals surface area contributed by atoms with Gasteiger partial charge < -0.3 is 9.47 Å². The minimum absolute atomic E-state index is 0.0306. The van der Waals surface area contributed by atoms with Gasteiger partial charge >= 0.3 is 0 Å². The Labute approximate surface area is 97.5 Å². The number of unbranched alkanes of at least 4 members (excludes halogenated alkanes) is 1. The van der Waals surface area contributed by atoms with Crippen LogP contribution in [-0.2, 0) is 14.3 Å². The SMILES string of the molecule is CC(=O)C#CCCCO[C@@H]1CC[C@H](C)CO1. The zero-order valence-corrected chi connectivity index (χ0v) is 10.1. The van der Waals surface area contributed by atoms with E-state index in [1.165, 1.54) is 13.3 Å². The molecule has 0 saturated carbocycles. The second-order valence-corrected chi connectivity index (χ2v) is 4.28. The third-order valence-electron chi connectivity index (χ3n) is 2.48. The van der Waals surface area contributed by atoms with Crippen molar-refractivity contribution >= 4 is 5.78 Å². The fourth-order valence-corrected chi connectivity index (χ4v) is 1.55.